The number of allylic oxidation sites excluding steroid dienone is 1. The molecule has 106 valence electrons. The van der Waals surface area contributed by atoms with Gasteiger partial charge >= 0.3 is 5.70 Å². The number of hydrogen-bond acceptors (Lipinski definition) is 5. The Bertz CT molecular complexity index is 535. The molecule has 0 saturated carbocycles. The topological polar surface area (TPSA) is 71.6 Å². The largest absolute Gasteiger partial charge is 0.497 e. The van der Waals surface area contributed by atoms with E-state index < -0.39 is 6.29 Å². The SMILES string of the molecule is CCO[C@@H]1C[C@@H](c2ccc(OC)cc2)C(=C=N)[N+](=O)O1. The number of methoxy groups -OCH3 is 1. The molecule has 1 heterocycles. The van der Waals surface area contributed by atoms with E-state index >= 15 is 0 Å². The third-order valence-corrected chi connectivity index (χ3v) is 3.17. The fourth-order valence-electron chi connectivity index (χ4n) is 2.19. The summed E-state index contributed by atoms with van der Waals surface area (Å²) in [5.74, 6) is 2.62. The molecule has 2 atom stereocenters. The van der Waals surface area contributed by atoms with Gasteiger partial charge in [0, 0.05) is 13.0 Å². The maximum Gasteiger partial charge on any atom is 0.361 e. The number of hydrogen-bond donors (Lipinski definition) is 1. The van der Waals surface area contributed by atoms with Gasteiger partial charge in [-0.1, -0.05) is 12.1 Å². The van der Waals surface area contributed by atoms with Gasteiger partial charge in [-0.05, 0) is 24.6 Å². The van der Waals surface area contributed by atoms with Crippen molar-refractivity contribution in [3.05, 3.63) is 40.4 Å². The summed E-state index contributed by atoms with van der Waals surface area (Å²) in [6.45, 7) is 2.29. The highest BCUT2D eigenvalue weighted by molar-refractivity contribution is 5.55. The van der Waals surface area contributed by atoms with E-state index in [2.05, 4.69) is 5.87 Å². The van der Waals surface area contributed by atoms with E-state index in [1.54, 1.807) is 7.11 Å². The molecule has 1 aromatic carbocycles. The van der Waals surface area contributed by atoms with Crippen molar-refractivity contribution < 1.29 is 19.2 Å². The van der Waals surface area contributed by atoms with Gasteiger partial charge < -0.3 is 9.47 Å². The van der Waals surface area contributed by atoms with Gasteiger partial charge in [0.15, 0.2) is 0 Å². The van der Waals surface area contributed by atoms with Gasteiger partial charge in [0.2, 0.25) is 0 Å². The quantitative estimate of drug-likeness (QED) is 0.858. The van der Waals surface area contributed by atoms with Crippen LogP contribution in [-0.2, 0) is 9.57 Å². The van der Waals surface area contributed by atoms with Crippen molar-refractivity contribution in [1.82, 2.24) is 0 Å². The van der Waals surface area contributed by atoms with E-state index in [0.29, 0.717) is 18.0 Å². The Labute approximate surface area is 117 Å². The molecule has 0 spiro atoms. The molecule has 0 unspecified atom stereocenters. The third-order valence-electron chi connectivity index (χ3n) is 3.17. The lowest BCUT2D eigenvalue weighted by Gasteiger charge is -2.22. The van der Waals surface area contributed by atoms with Crippen molar-refractivity contribution in [2.75, 3.05) is 13.7 Å². The summed E-state index contributed by atoms with van der Waals surface area (Å²) in [6, 6.07) is 7.36. The van der Waals surface area contributed by atoms with Crippen LogP contribution < -0.4 is 4.74 Å². The van der Waals surface area contributed by atoms with Gasteiger partial charge in [-0.25, -0.2) is 0 Å². The van der Waals surface area contributed by atoms with Crippen molar-refractivity contribution in [2.45, 2.75) is 25.6 Å². The minimum atomic E-state index is -0.610. The minimum absolute atomic E-state index is 0.145. The number of benzene rings is 1. The molecule has 6 heteroatoms. The molecule has 1 aromatic rings. The van der Waals surface area contributed by atoms with E-state index in [4.69, 9.17) is 19.7 Å². The summed E-state index contributed by atoms with van der Waals surface area (Å²) in [5, 5.41) is 7.28. The number of nitrogens with one attached hydrogen (secondary N) is 1. The Kier molecular flexibility index (Phi) is 4.50. The second-order valence-electron chi connectivity index (χ2n) is 4.32. The van der Waals surface area contributed by atoms with Crippen LogP contribution in [0.2, 0.25) is 0 Å². The van der Waals surface area contributed by atoms with Crippen LogP contribution in [0.1, 0.15) is 24.8 Å². The molecule has 1 aliphatic heterocycles. The molecule has 1 saturated heterocycles. The van der Waals surface area contributed by atoms with Gasteiger partial charge in [-0.15, -0.1) is 0 Å². The normalized spacial score (nSPS) is 22.1. The molecule has 0 aromatic heterocycles. The number of rotatable bonds is 4. The average Bonchev–Trinajstić information content (AvgIpc) is 2.47. The van der Waals surface area contributed by atoms with Crippen LogP contribution in [0.15, 0.2) is 30.0 Å². The van der Waals surface area contributed by atoms with Crippen molar-refractivity contribution in [3.8, 4) is 5.75 Å². The van der Waals surface area contributed by atoms with Crippen LogP contribution in [0.4, 0.5) is 0 Å². The van der Waals surface area contributed by atoms with Gasteiger partial charge in [0.05, 0.1) is 23.8 Å². The first-order valence-electron chi connectivity index (χ1n) is 6.38. The third kappa shape index (κ3) is 2.87. The summed E-state index contributed by atoms with van der Waals surface area (Å²) in [6.07, 6.45) is -0.137. The van der Waals surface area contributed by atoms with Crippen molar-refractivity contribution >= 4 is 5.87 Å². The van der Waals surface area contributed by atoms with Gasteiger partial charge in [-0.3, -0.25) is 5.41 Å². The summed E-state index contributed by atoms with van der Waals surface area (Å²) in [7, 11) is 1.59. The molecule has 0 bridgehead atoms. The monoisotopic (exact) mass is 277 g/mol. The van der Waals surface area contributed by atoms with E-state index in [9.17, 15) is 4.91 Å². The van der Waals surface area contributed by atoms with E-state index in [-0.39, 0.29) is 11.6 Å². The fourth-order valence-corrected chi connectivity index (χ4v) is 2.19. The molecule has 2 rings (SSSR count). The van der Waals surface area contributed by atoms with Crippen molar-refractivity contribution in [2.24, 2.45) is 0 Å². The lowest BCUT2D eigenvalue weighted by Crippen LogP contribution is -2.33. The zero-order chi connectivity index (χ0) is 14.5. The predicted molar refractivity (Wildman–Crippen MR) is 71.7 cm³/mol. The standard InChI is InChI=1S/C14H17N2O4/c1-3-19-14-8-12(13(9-15)16(17)20-14)10-4-6-11(18-2)7-5-10/h4-7,12,14-15H,3,8H2,1-2H3/q+1/t12-,14-/m0/s1. The fraction of sp³-hybridized carbons (Fsp3) is 0.429. The Morgan fingerprint density at radius 1 is 1.45 bits per heavy atom. The van der Waals surface area contributed by atoms with Crippen molar-refractivity contribution in [3.63, 3.8) is 0 Å². The first-order chi connectivity index (χ1) is 9.69. The second kappa shape index (κ2) is 6.32. The number of nitrogens with zero attached hydrogens (tertiary/aromatic N) is 1. The zero-order valence-electron chi connectivity index (χ0n) is 11.5. The van der Waals surface area contributed by atoms with Crippen LogP contribution in [-0.4, -0.2) is 30.8 Å². The van der Waals surface area contributed by atoms with E-state index in [0.717, 1.165) is 11.3 Å². The van der Waals surface area contributed by atoms with Gasteiger partial charge in [0.1, 0.15) is 5.75 Å². The van der Waals surface area contributed by atoms with Crippen LogP contribution in [0.5, 0.6) is 5.75 Å². The molecule has 0 aliphatic carbocycles. The van der Waals surface area contributed by atoms with Crippen LogP contribution in [0.25, 0.3) is 0 Å². The molecule has 0 radical (unpaired) electrons. The summed E-state index contributed by atoms with van der Waals surface area (Å²) >= 11 is 0. The Morgan fingerprint density at radius 3 is 2.70 bits per heavy atom. The smallest absolute Gasteiger partial charge is 0.361 e. The number of ether oxygens (including phenoxy) is 2. The first-order valence-corrected chi connectivity index (χ1v) is 6.38. The summed E-state index contributed by atoms with van der Waals surface area (Å²) in [5.41, 5.74) is 1.04. The highest BCUT2D eigenvalue weighted by Gasteiger charge is 2.43. The molecule has 1 N–H and O–H groups in total. The van der Waals surface area contributed by atoms with Gasteiger partial charge in [0.25, 0.3) is 11.2 Å². The second-order valence-corrected chi connectivity index (χ2v) is 4.32. The molecule has 1 aliphatic rings. The average molecular weight is 277 g/mol. The van der Waals surface area contributed by atoms with Crippen LogP contribution >= 0.6 is 0 Å². The minimum Gasteiger partial charge on any atom is -0.497 e. The van der Waals surface area contributed by atoms with Crippen LogP contribution in [0.3, 0.4) is 0 Å². The maximum absolute atomic E-state index is 11.8. The summed E-state index contributed by atoms with van der Waals surface area (Å²) in [4.78, 5) is 17.2. The molecule has 6 nitrogen and oxygen atoms in total. The molecule has 1 fully saturated rings. The summed E-state index contributed by atoms with van der Waals surface area (Å²) < 4.78 is 10.5. The lowest BCUT2D eigenvalue weighted by atomic mass is 9.92. The highest BCUT2D eigenvalue weighted by atomic mass is 16.8. The molecule has 20 heavy (non-hydrogen) atoms. The van der Waals surface area contributed by atoms with Crippen LogP contribution in [0, 0.1) is 10.3 Å². The zero-order valence-corrected chi connectivity index (χ0v) is 11.5. The molecular weight excluding hydrogens is 260 g/mol. The molecule has 0 amide bonds. The maximum atomic E-state index is 11.8. The van der Waals surface area contributed by atoms with Gasteiger partial charge in [-0.2, -0.15) is 4.84 Å². The Balaban J connectivity index is 2.28. The Hall–Kier alpha value is -2.17. The van der Waals surface area contributed by atoms with E-state index in [1.165, 1.54) is 0 Å². The first kappa shape index (κ1) is 14.2. The lowest BCUT2D eigenvalue weighted by molar-refractivity contribution is -0.801. The van der Waals surface area contributed by atoms with E-state index in [1.807, 2.05) is 31.2 Å². The predicted octanol–water partition coefficient (Wildman–Crippen LogP) is 2.39. The molecular formula is C14H17N2O4+. The van der Waals surface area contributed by atoms with Crippen molar-refractivity contribution in [1.29, 1.82) is 5.41 Å². The Morgan fingerprint density at radius 2 is 2.15 bits per heavy atom. The highest BCUT2D eigenvalue weighted by Crippen LogP contribution is 2.34.